The SMILES string of the molecule is COc1ccc(CN2CCC(n3cc(-c4cc(-c5cnn(C)c5)cn5nnc(C#N)c45)cn3)C2)cn1. The molecule has 6 heterocycles. The third-order valence-corrected chi connectivity index (χ3v) is 6.60. The number of pyridine rings is 2. The molecule has 1 saturated heterocycles. The van der Waals surface area contributed by atoms with E-state index >= 15 is 0 Å². The Labute approximate surface area is 207 Å². The van der Waals surface area contributed by atoms with Crippen LogP contribution in [-0.4, -0.2) is 64.5 Å². The van der Waals surface area contributed by atoms with Gasteiger partial charge in [-0.15, -0.1) is 5.10 Å². The van der Waals surface area contributed by atoms with Crippen molar-refractivity contribution in [2.45, 2.75) is 19.0 Å². The minimum Gasteiger partial charge on any atom is -0.481 e. The van der Waals surface area contributed by atoms with E-state index in [9.17, 15) is 5.26 Å². The lowest BCUT2D eigenvalue weighted by Gasteiger charge is -2.16. The summed E-state index contributed by atoms with van der Waals surface area (Å²) in [6.45, 7) is 2.72. The Hall–Kier alpha value is -4.56. The molecule has 0 spiro atoms. The molecular weight excluding hydrogens is 456 g/mol. The highest BCUT2D eigenvalue weighted by Gasteiger charge is 2.25. The Morgan fingerprint density at radius 2 is 1.97 bits per heavy atom. The van der Waals surface area contributed by atoms with Gasteiger partial charge in [-0.25, -0.2) is 9.50 Å². The second-order valence-electron chi connectivity index (χ2n) is 8.98. The molecule has 1 aliphatic heterocycles. The van der Waals surface area contributed by atoms with Crippen LogP contribution in [0.4, 0.5) is 0 Å². The van der Waals surface area contributed by atoms with Crippen LogP contribution in [0.5, 0.6) is 5.88 Å². The fourth-order valence-corrected chi connectivity index (χ4v) is 4.78. The van der Waals surface area contributed by atoms with Crippen molar-refractivity contribution in [2.75, 3.05) is 20.2 Å². The molecule has 0 radical (unpaired) electrons. The number of likely N-dealkylation sites (tertiary alicyclic amines) is 1. The average molecular weight is 481 g/mol. The van der Waals surface area contributed by atoms with E-state index in [0.717, 1.165) is 53.9 Å². The van der Waals surface area contributed by atoms with E-state index in [1.165, 1.54) is 0 Å². The fourth-order valence-electron chi connectivity index (χ4n) is 4.78. The summed E-state index contributed by atoms with van der Waals surface area (Å²) in [6.07, 6.45) is 12.4. The summed E-state index contributed by atoms with van der Waals surface area (Å²) >= 11 is 0. The first-order valence-corrected chi connectivity index (χ1v) is 11.7. The number of nitriles is 1. The molecule has 11 heteroatoms. The number of rotatable bonds is 6. The molecule has 36 heavy (non-hydrogen) atoms. The molecule has 0 aliphatic carbocycles. The predicted molar refractivity (Wildman–Crippen MR) is 131 cm³/mol. The first-order valence-electron chi connectivity index (χ1n) is 11.7. The molecule has 1 unspecified atom stereocenters. The van der Waals surface area contributed by atoms with Gasteiger partial charge in [-0.1, -0.05) is 11.3 Å². The van der Waals surface area contributed by atoms with Crippen LogP contribution in [0.2, 0.25) is 0 Å². The van der Waals surface area contributed by atoms with Crippen LogP contribution in [0.15, 0.2) is 55.4 Å². The van der Waals surface area contributed by atoms with Crippen LogP contribution in [-0.2, 0) is 13.6 Å². The maximum absolute atomic E-state index is 9.63. The lowest BCUT2D eigenvalue weighted by molar-refractivity contribution is 0.311. The Morgan fingerprint density at radius 3 is 2.72 bits per heavy atom. The van der Waals surface area contributed by atoms with E-state index in [1.807, 2.05) is 48.8 Å². The quantitative estimate of drug-likeness (QED) is 0.364. The molecule has 0 saturated carbocycles. The van der Waals surface area contributed by atoms with Crippen LogP contribution in [0.3, 0.4) is 0 Å². The van der Waals surface area contributed by atoms with E-state index in [-0.39, 0.29) is 11.7 Å². The first-order chi connectivity index (χ1) is 17.6. The van der Waals surface area contributed by atoms with Gasteiger partial charge in [-0.2, -0.15) is 15.5 Å². The molecule has 5 aromatic rings. The Bertz CT molecular complexity index is 1570. The summed E-state index contributed by atoms with van der Waals surface area (Å²) in [5.74, 6) is 0.622. The van der Waals surface area contributed by atoms with Crippen LogP contribution in [0, 0.1) is 11.3 Å². The van der Waals surface area contributed by atoms with Crippen molar-refractivity contribution in [3.8, 4) is 34.2 Å². The molecule has 6 rings (SSSR count). The van der Waals surface area contributed by atoms with Crippen LogP contribution in [0.25, 0.3) is 27.8 Å². The number of hydrogen-bond donors (Lipinski definition) is 0. The van der Waals surface area contributed by atoms with Crippen molar-refractivity contribution in [1.82, 2.24) is 44.3 Å². The molecule has 1 atom stereocenters. The predicted octanol–water partition coefficient (Wildman–Crippen LogP) is 2.72. The Kier molecular flexibility index (Phi) is 5.42. The number of hydrogen-bond acceptors (Lipinski definition) is 8. The highest BCUT2D eigenvalue weighted by Crippen LogP contribution is 2.32. The average Bonchev–Trinajstić information content (AvgIpc) is 3.70. The molecule has 1 aliphatic rings. The normalized spacial score (nSPS) is 16.0. The topological polar surface area (TPSA) is 115 Å². The summed E-state index contributed by atoms with van der Waals surface area (Å²) in [5.41, 5.74) is 5.80. The van der Waals surface area contributed by atoms with E-state index < -0.39 is 0 Å². The lowest BCUT2D eigenvalue weighted by Crippen LogP contribution is -2.21. The van der Waals surface area contributed by atoms with Gasteiger partial charge in [0.15, 0.2) is 5.69 Å². The number of methoxy groups -OCH3 is 1. The number of nitrogens with zero attached hydrogens (tertiary/aromatic N) is 10. The zero-order chi connectivity index (χ0) is 24.6. The van der Waals surface area contributed by atoms with Crippen LogP contribution in [0.1, 0.15) is 23.7 Å². The lowest BCUT2D eigenvalue weighted by atomic mass is 10.0. The Balaban J connectivity index is 1.28. The molecule has 180 valence electrons. The van der Waals surface area contributed by atoms with E-state index in [4.69, 9.17) is 9.84 Å². The van der Waals surface area contributed by atoms with Gasteiger partial charge >= 0.3 is 0 Å². The summed E-state index contributed by atoms with van der Waals surface area (Å²) < 4.78 is 10.6. The number of fused-ring (bicyclic) bond motifs is 1. The highest BCUT2D eigenvalue weighted by molar-refractivity contribution is 5.86. The number of ether oxygens (including phenoxy) is 1. The molecule has 0 N–H and O–H groups in total. The van der Waals surface area contributed by atoms with E-state index in [2.05, 4.69) is 49.7 Å². The zero-order valence-corrected chi connectivity index (χ0v) is 20.0. The summed E-state index contributed by atoms with van der Waals surface area (Å²) in [4.78, 5) is 6.72. The molecule has 0 amide bonds. The largest absolute Gasteiger partial charge is 0.481 e. The van der Waals surface area contributed by atoms with Crippen LogP contribution < -0.4 is 4.74 Å². The maximum atomic E-state index is 9.63. The molecule has 1 fully saturated rings. The van der Waals surface area contributed by atoms with Crippen molar-refractivity contribution >= 4 is 5.52 Å². The smallest absolute Gasteiger partial charge is 0.212 e. The third kappa shape index (κ3) is 3.97. The summed E-state index contributed by atoms with van der Waals surface area (Å²) in [7, 11) is 3.50. The minimum absolute atomic E-state index is 0.265. The van der Waals surface area contributed by atoms with Gasteiger partial charge in [-0.05, 0) is 18.1 Å². The van der Waals surface area contributed by atoms with Crippen molar-refractivity contribution < 1.29 is 4.74 Å². The Morgan fingerprint density at radius 1 is 1.08 bits per heavy atom. The minimum atomic E-state index is 0.265. The van der Waals surface area contributed by atoms with Gasteiger partial charge in [0.1, 0.15) is 11.6 Å². The van der Waals surface area contributed by atoms with Gasteiger partial charge in [0, 0.05) is 79.8 Å². The van der Waals surface area contributed by atoms with Crippen LogP contribution >= 0.6 is 0 Å². The number of aryl methyl sites for hydroxylation is 1. The van der Waals surface area contributed by atoms with Gasteiger partial charge in [-0.3, -0.25) is 14.3 Å². The summed E-state index contributed by atoms with van der Waals surface area (Å²) in [5, 5.41) is 26.9. The molecule has 5 aromatic heterocycles. The summed E-state index contributed by atoms with van der Waals surface area (Å²) in [6, 6.07) is 8.43. The van der Waals surface area contributed by atoms with Gasteiger partial charge in [0.05, 0.1) is 25.5 Å². The van der Waals surface area contributed by atoms with E-state index in [1.54, 1.807) is 16.3 Å². The molecule has 0 bridgehead atoms. The van der Waals surface area contributed by atoms with Gasteiger partial charge in [0.25, 0.3) is 0 Å². The monoisotopic (exact) mass is 480 g/mol. The highest BCUT2D eigenvalue weighted by atomic mass is 16.5. The van der Waals surface area contributed by atoms with Crippen molar-refractivity contribution in [1.29, 1.82) is 5.26 Å². The standard InChI is InChI=1S/C25H24N10O/c1-32-13-19(10-28-32)18-7-22(25-23(8-26)30-31-35(25)14-18)20-11-29-34(15-20)21-5-6-33(16-21)12-17-3-4-24(36-2)27-9-17/h3-4,7,9-11,13-15,21H,5-6,12,16H2,1-2H3. The molecule has 0 aromatic carbocycles. The first kappa shape index (κ1) is 21.9. The fraction of sp³-hybridized carbons (Fsp3) is 0.280. The second kappa shape index (κ2) is 8.90. The maximum Gasteiger partial charge on any atom is 0.212 e. The zero-order valence-electron chi connectivity index (χ0n) is 20.0. The van der Waals surface area contributed by atoms with Gasteiger partial charge in [0.2, 0.25) is 5.88 Å². The molecular formula is C25H24N10O. The van der Waals surface area contributed by atoms with E-state index in [0.29, 0.717) is 11.4 Å². The van der Waals surface area contributed by atoms with Crippen molar-refractivity contribution in [3.05, 3.63) is 66.6 Å². The number of aromatic nitrogens is 8. The van der Waals surface area contributed by atoms with Crippen molar-refractivity contribution in [3.63, 3.8) is 0 Å². The third-order valence-electron chi connectivity index (χ3n) is 6.60. The van der Waals surface area contributed by atoms with Crippen molar-refractivity contribution in [2.24, 2.45) is 7.05 Å². The second-order valence-corrected chi connectivity index (χ2v) is 8.98. The molecule has 11 nitrogen and oxygen atoms in total. The van der Waals surface area contributed by atoms with Gasteiger partial charge < -0.3 is 4.74 Å².